The molecule has 1 saturated heterocycles. The highest BCUT2D eigenvalue weighted by molar-refractivity contribution is 7.99. The van der Waals surface area contributed by atoms with Gasteiger partial charge in [-0.1, -0.05) is 11.8 Å². The Hall–Kier alpha value is -1.90. The van der Waals surface area contributed by atoms with Gasteiger partial charge in [0.25, 0.3) is 0 Å². The predicted octanol–water partition coefficient (Wildman–Crippen LogP) is 0.740. The molecule has 0 bridgehead atoms. The number of H-pyrrole nitrogens is 1. The molecule has 0 radical (unpaired) electrons. The maximum absolute atomic E-state index is 12.3. The minimum Gasteiger partial charge on any atom is -0.342 e. The highest BCUT2D eigenvalue weighted by Gasteiger charge is 2.26. The van der Waals surface area contributed by atoms with Gasteiger partial charge in [-0.15, -0.1) is 10.2 Å². The maximum atomic E-state index is 12.3. The van der Waals surface area contributed by atoms with Gasteiger partial charge in [0.1, 0.15) is 12.2 Å². The first-order valence-electron chi connectivity index (χ1n) is 7.27. The van der Waals surface area contributed by atoms with Crippen molar-refractivity contribution in [3.05, 3.63) is 18.0 Å². The van der Waals surface area contributed by atoms with Gasteiger partial charge >= 0.3 is 0 Å². The first-order valence-corrected chi connectivity index (χ1v) is 8.25. The van der Waals surface area contributed by atoms with Crippen LogP contribution in [0.1, 0.15) is 30.4 Å². The Morgan fingerprint density at radius 1 is 1.45 bits per heavy atom. The van der Waals surface area contributed by atoms with Gasteiger partial charge in [-0.3, -0.25) is 9.89 Å². The zero-order chi connectivity index (χ0) is 15.5. The molecule has 3 rings (SSSR count). The van der Waals surface area contributed by atoms with Crippen molar-refractivity contribution in [3.63, 3.8) is 0 Å². The molecule has 0 unspecified atom stereocenters. The average Bonchev–Trinajstić information content (AvgIpc) is 3.13. The van der Waals surface area contributed by atoms with Crippen molar-refractivity contribution in [1.29, 1.82) is 0 Å². The standard InChI is InChI=1S/C13H19N7OS/c1-9-15-12(17-16-9)10-3-5-20(6-4-10)11(21)7-22-13-18-14-8-19(13)2/h8,10H,3-7H2,1-2H3,(H,15,16,17). The molecule has 2 aromatic rings. The van der Waals surface area contributed by atoms with Crippen molar-refractivity contribution in [2.75, 3.05) is 18.8 Å². The fourth-order valence-electron chi connectivity index (χ4n) is 2.55. The van der Waals surface area contributed by atoms with Gasteiger partial charge in [0.15, 0.2) is 11.0 Å². The van der Waals surface area contributed by atoms with Crippen molar-refractivity contribution < 1.29 is 4.79 Å². The van der Waals surface area contributed by atoms with E-state index in [2.05, 4.69) is 25.4 Å². The Kier molecular flexibility index (Phi) is 4.41. The van der Waals surface area contributed by atoms with Crippen LogP contribution in [0.25, 0.3) is 0 Å². The van der Waals surface area contributed by atoms with Crippen LogP contribution in [0.15, 0.2) is 11.5 Å². The van der Waals surface area contributed by atoms with E-state index in [4.69, 9.17) is 0 Å². The minimum absolute atomic E-state index is 0.151. The summed E-state index contributed by atoms with van der Waals surface area (Å²) >= 11 is 1.42. The van der Waals surface area contributed by atoms with E-state index in [1.807, 2.05) is 23.4 Å². The van der Waals surface area contributed by atoms with Crippen LogP contribution >= 0.6 is 11.8 Å². The third kappa shape index (κ3) is 3.29. The van der Waals surface area contributed by atoms with E-state index in [1.165, 1.54) is 11.8 Å². The van der Waals surface area contributed by atoms with Gasteiger partial charge in [0.05, 0.1) is 5.75 Å². The van der Waals surface area contributed by atoms with Gasteiger partial charge in [-0.05, 0) is 19.8 Å². The van der Waals surface area contributed by atoms with Gasteiger partial charge in [-0.25, -0.2) is 4.98 Å². The molecule has 0 spiro atoms. The molecule has 1 aliphatic heterocycles. The summed E-state index contributed by atoms with van der Waals surface area (Å²) in [4.78, 5) is 18.6. The van der Waals surface area contributed by atoms with Crippen molar-refractivity contribution in [2.24, 2.45) is 7.05 Å². The summed E-state index contributed by atoms with van der Waals surface area (Å²) in [6.45, 7) is 3.42. The lowest BCUT2D eigenvalue weighted by molar-refractivity contribution is -0.129. The number of hydrogen-bond donors (Lipinski definition) is 1. The van der Waals surface area contributed by atoms with Gasteiger partial charge < -0.3 is 9.47 Å². The molecular formula is C13H19N7OS. The fraction of sp³-hybridized carbons (Fsp3) is 0.615. The second-order valence-corrected chi connectivity index (χ2v) is 6.39. The number of carbonyl (C=O) groups excluding carboxylic acids is 1. The molecule has 1 fully saturated rings. The molecule has 1 N–H and O–H groups in total. The van der Waals surface area contributed by atoms with Crippen molar-refractivity contribution in [3.8, 4) is 0 Å². The quantitative estimate of drug-likeness (QED) is 0.835. The molecule has 2 aromatic heterocycles. The Balaban J connectivity index is 1.48. The molecule has 3 heterocycles. The van der Waals surface area contributed by atoms with Crippen LogP contribution in [0.4, 0.5) is 0 Å². The maximum Gasteiger partial charge on any atom is 0.233 e. The summed E-state index contributed by atoms with van der Waals surface area (Å²) < 4.78 is 1.82. The molecule has 118 valence electrons. The number of aromatic nitrogens is 6. The number of thioether (sulfide) groups is 1. The van der Waals surface area contributed by atoms with E-state index in [1.54, 1.807) is 6.33 Å². The van der Waals surface area contributed by atoms with Crippen molar-refractivity contribution in [2.45, 2.75) is 30.8 Å². The summed E-state index contributed by atoms with van der Waals surface area (Å²) in [5, 5.41) is 15.7. The summed E-state index contributed by atoms with van der Waals surface area (Å²) in [5.74, 6) is 2.61. The third-order valence-corrected chi connectivity index (χ3v) is 4.84. The Morgan fingerprint density at radius 2 is 2.23 bits per heavy atom. The summed E-state index contributed by atoms with van der Waals surface area (Å²) in [5.41, 5.74) is 0. The second kappa shape index (κ2) is 6.47. The van der Waals surface area contributed by atoms with E-state index in [-0.39, 0.29) is 5.91 Å². The zero-order valence-electron chi connectivity index (χ0n) is 12.7. The average molecular weight is 321 g/mol. The number of likely N-dealkylation sites (tertiary alicyclic amines) is 1. The molecule has 1 aliphatic rings. The Labute approximate surface area is 132 Å². The molecule has 0 saturated carbocycles. The topological polar surface area (TPSA) is 92.6 Å². The van der Waals surface area contributed by atoms with E-state index in [0.717, 1.165) is 42.7 Å². The minimum atomic E-state index is 0.151. The first-order chi connectivity index (χ1) is 10.6. The number of nitrogens with one attached hydrogen (secondary N) is 1. The Bertz CT molecular complexity index is 644. The van der Waals surface area contributed by atoms with E-state index in [0.29, 0.717) is 11.7 Å². The van der Waals surface area contributed by atoms with Gasteiger partial charge in [0.2, 0.25) is 5.91 Å². The zero-order valence-corrected chi connectivity index (χ0v) is 13.5. The summed E-state index contributed by atoms with van der Waals surface area (Å²) in [6, 6.07) is 0. The largest absolute Gasteiger partial charge is 0.342 e. The lowest BCUT2D eigenvalue weighted by Gasteiger charge is -2.30. The van der Waals surface area contributed by atoms with Crippen LogP contribution in [0, 0.1) is 6.92 Å². The molecular weight excluding hydrogens is 302 g/mol. The second-order valence-electron chi connectivity index (χ2n) is 5.45. The lowest BCUT2D eigenvalue weighted by Crippen LogP contribution is -2.39. The number of amides is 1. The summed E-state index contributed by atoms with van der Waals surface area (Å²) in [7, 11) is 1.87. The SMILES string of the molecule is Cc1nc(C2CCN(C(=O)CSc3nncn3C)CC2)n[nH]1. The number of piperidine rings is 1. The molecule has 22 heavy (non-hydrogen) atoms. The molecule has 0 aromatic carbocycles. The van der Waals surface area contributed by atoms with E-state index >= 15 is 0 Å². The third-order valence-electron chi connectivity index (χ3n) is 3.82. The predicted molar refractivity (Wildman–Crippen MR) is 81.4 cm³/mol. The van der Waals surface area contributed by atoms with E-state index < -0.39 is 0 Å². The first kappa shape index (κ1) is 15.0. The lowest BCUT2D eigenvalue weighted by atomic mass is 9.96. The van der Waals surface area contributed by atoms with Crippen molar-refractivity contribution >= 4 is 17.7 Å². The van der Waals surface area contributed by atoms with Crippen LogP contribution in [-0.4, -0.2) is 59.6 Å². The van der Waals surface area contributed by atoms with Crippen LogP contribution in [0.2, 0.25) is 0 Å². The number of carbonyl (C=O) groups is 1. The number of hydrogen-bond acceptors (Lipinski definition) is 6. The molecule has 9 heteroatoms. The highest BCUT2D eigenvalue weighted by Crippen LogP contribution is 2.26. The molecule has 1 amide bonds. The van der Waals surface area contributed by atoms with Crippen molar-refractivity contribution in [1.82, 2.24) is 34.8 Å². The number of rotatable bonds is 4. The van der Waals surface area contributed by atoms with Gasteiger partial charge in [0, 0.05) is 26.1 Å². The van der Waals surface area contributed by atoms with Crippen LogP contribution < -0.4 is 0 Å². The van der Waals surface area contributed by atoms with Crippen LogP contribution in [0.5, 0.6) is 0 Å². The Morgan fingerprint density at radius 3 is 2.82 bits per heavy atom. The monoisotopic (exact) mass is 321 g/mol. The van der Waals surface area contributed by atoms with E-state index in [9.17, 15) is 4.79 Å². The molecule has 8 nitrogen and oxygen atoms in total. The van der Waals surface area contributed by atoms with Gasteiger partial charge in [-0.2, -0.15) is 5.10 Å². The smallest absolute Gasteiger partial charge is 0.233 e. The molecule has 0 aliphatic carbocycles. The molecule has 0 atom stereocenters. The number of aromatic amines is 1. The van der Waals surface area contributed by atoms with Crippen LogP contribution in [0.3, 0.4) is 0 Å². The number of aryl methyl sites for hydroxylation is 2. The number of nitrogens with zero attached hydrogens (tertiary/aromatic N) is 6. The summed E-state index contributed by atoms with van der Waals surface area (Å²) in [6.07, 6.45) is 3.46. The highest BCUT2D eigenvalue weighted by atomic mass is 32.2. The normalized spacial score (nSPS) is 16.2. The van der Waals surface area contributed by atoms with Crippen LogP contribution in [-0.2, 0) is 11.8 Å². The fourth-order valence-corrected chi connectivity index (χ4v) is 3.34.